The van der Waals surface area contributed by atoms with E-state index in [2.05, 4.69) is 27.1 Å². The SMILES string of the molecule is CC[C@H]1CN([C@H]2CC[C@@H](n3nc(-c4ccc(Oc5ccccc5)cc4F)c4c(N)ncnc43)CC2)CCN1. The van der Waals surface area contributed by atoms with E-state index in [0.29, 0.717) is 51.7 Å². The van der Waals surface area contributed by atoms with Gasteiger partial charge in [-0.15, -0.1) is 0 Å². The van der Waals surface area contributed by atoms with Crippen molar-refractivity contribution in [3.63, 3.8) is 0 Å². The van der Waals surface area contributed by atoms with Crippen molar-refractivity contribution in [2.24, 2.45) is 0 Å². The summed E-state index contributed by atoms with van der Waals surface area (Å²) in [6, 6.07) is 15.5. The van der Waals surface area contributed by atoms with Crippen molar-refractivity contribution in [3.8, 4) is 22.8 Å². The molecular formula is C29H34FN7O. The molecule has 1 saturated heterocycles. The summed E-state index contributed by atoms with van der Waals surface area (Å²) in [5, 5.41) is 9.12. The second-order valence-electron chi connectivity index (χ2n) is 10.3. The smallest absolute Gasteiger partial charge is 0.164 e. The van der Waals surface area contributed by atoms with Gasteiger partial charge in [-0.05, 0) is 56.4 Å². The van der Waals surface area contributed by atoms with E-state index in [9.17, 15) is 0 Å². The number of nitrogens with zero attached hydrogens (tertiary/aromatic N) is 5. The number of fused-ring (bicyclic) bond motifs is 1. The molecule has 3 N–H and O–H groups in total. The van der Waals surface area contributed by atoms with Crippen LogP contribution in [0.4, 0.5) is 10.2 Å². The lowest BCUT2D eigenvalue weighted by molar-refractivity contribution is 0.101. The zero-order valence-electron chi connectivity index (χ0n) is 21.7. The van der Waals surface area contributed by atoms with Crippen molar-refractivity contribution >= 4 is 16.9 Å². The second kappa shape index (κ2) is 10.7. The fourth-order valence-corrected chi connectivity index (χ4v) is 5.94. The summed E-state index contributed by atoms with van der Waals surface area (Å²) >= 11 is 0. The lowest BCUT2D eigenvalue weighted by atomic mass is 9.89. The van der Waals surface area contributed by atoms with Gasteiger partial charge in [-0.25, -0.2) is 19.0 Å². The van der Waals surface area contributed by atoms with E-state index in [-0.39, 0.29) is 6.04 Å². The Morgan fingerprint density at radius 1 is 1.03 bits per heavy atom. The van der Waals surface area contributed by atoms with Crippen LogP contribution in [0.1, 0.15) is 45.1 Å². The lowest BCUT2D eigenvalue weighted by Crippen LogP contribution is -2.54. The highest BCUT2D eigenvalue weighted by atomic mass is 19.1. The normalized spacial score (nSPS) is 22.5. The summed E-state index contributed by atoms with van der Waals surface area (Å²) in [6.45, 7) is 5.53. The zero-order valence-corrected chi connectivity index (χ0v) is 21.7. The molecule has 0 radical (unpaired) electrons. The van der Waals surface area contributed by atoms with Crippen LogP contribution < -0.4 is 15.8 Å². The van der Waals surface area contributed by atoms with Crippen LogP contribution in [0.3, 0.4) is 0 Å². The highest BCUT2D eigenvalue weighted by molar-refractivity contribution is 5.98. The Labute approximate surface area is 222 Å². The maximum atomic E-state index is 15.4. The molecule has 1 saturated carbocycles. The summed E-state index contributed by atoms with van der Waals surface area (Å²) in [5.74, 6) is 0.942. The monoisotopic (exact) mass is 515 g/mol. The Bertz CT molecular complexity index is 1400. The average molecular weight is 516 g/mol. The molecule has 2 aromatic carbocycles. The molecular weight excluding hydrogens is 481 g/mol. The molecule has 1 atom stereocenters. The predicted octanol–water partition coefficient (Wildman–Crippen LogP) is 5.17. The molecule has 8 nitrogen and oxygen atoms in total. The molecule has 3 heterocycles. The molecule has 198 valence electrons. The van der Waals surface area contributed by atoms with Gasteiger partial charge in [-0.3, -0.25) is 4.90 Å². The number of piperazine rings is 1. The number of aromatic nitrogens is 4. The van der Waals surface area contributed by atoms with Crippen LogP contribution in [0.15, 0.2) is 54.9 Å². The van der Waals surface area contributed by atoms with Gasteiger partial charge >= 0.3 is 0 Å². The standard InChI is InChI=1S/C29H34FN7O/c1-2-19-17-36(15-14-32-19)20-8-10-21(11-9-20)37-29-26(28(31)33-18-34-29)27(35-37)24-13-12-23(16-25(24)30)38-22-6-4-3-5-7-22/h3-7,12-13,16,18-21,32H,2,8-11,14-15,17H2,1H3,(H2,31,33,34)/t19-,20-,21+/m0/s1. The molecule has 0 unspecified atom stereocenters. The van der Waals surface area contributed by atoms with E-state index in [1.54, 1.807) is 12.1 Å². The van der Waals surface area contributed by atoms with Gasteiger partial charge in [-0.1, -0.05) is 25.1 Å². The molecule has 9 heteroatoms. The minimum Gasteiger partial charge on any atom is -0.457 e. The highest BCUT2D eigenvalue weighted by Crippen LogP contribution is 2.38. The third kappa shape index (κ3) is 4.83. The third-order valence-electron chi connectivity index (χ3n) is 8.00. The molecule has 6 rings (SSSR count). The number of hydrogen-bond acceptors (Lipinski definition) is 7. The van der Waals surface area contributed by atoms with Crippen LogP contribution in [-0.2, 0) is 0 Å². The van der Waals surface area contributed by atoms with Crippen molar-refractivity contribution in [1.29, 1.82) is 0 Å². The summed E-state index contributed by atoms with van der Waals surface area (Å²) < 4.78 is 23.2. The molecule has 38 heavy (non-hydrogen) atoms. The molecule has 4 aromatic rings. The van der Waals surface area contributed by atoms with Gasteiger partial charge in [-0.2, -0.15) is 5.10 Å². The molecule has 0 bridgehead atoms. The topological polar surface area (TPSA) is 94.1 Å². The molecule has 0 spiro atoms. The van der Waals surface area contributed by atoms with Gasteiger partial charge in [0.2, 0.25) is 0 Å². The fourth-order valence-electron chi connectivity index (χ4n) is 5.94. The average Bonchev–Trinajstić information content (AvgIpc) is 3.34. The quantitative estimate of drug-likeness (QED) is 0.366. The largest absolute Gasteiger partial charge is 0.457 e. The number of hydrogen-bond donors (Lipinski definition) is 2. The van der Waals surface area contributed by atoms with Crippen LogP contribution in [0, 0.1) is 5.82 Å². The Hall–Kier alpha value is -3.56. The van der Waals surface area contributed by atoms with E-state index in [0.717, 1.165) is 51.7 Å². The van der Waals surface area contributed by atoms with Crippen molar-refractivity contribution in [3.05, 3.63) is 60.7 Å². The number of ether oxygens (including phenoxy) is 1. The number of anilines is 1. The molecule has 2 fully saturated rings. The first-order chi connectivity index (χ1) is 18.6. The van der Waals surface area contributed by atoms with Crippen LogP contribution in [0.25, 0.3) is 22.3 Å². The summed E-state index contributed by atoms with van der Waals surface area (Å²) in [5.41, 5.74) is 7.79. The van der Waals surface area contributed by atoms with Crippen molar-refractivity contribution in [1.82, 2.24) is 30.0 Å². The number of nitrogen functional groups attached to an aromatic ring is 1. The first-order valence-corrected chi connectivity index (χ1v) is 13.6. The Balaban J connectivity index is 1.26. The number of benzene rings is 2. The van der Waals surface area contributed by atoms with Gasteiger partial charge in [0, 0.05) is 43.3 Å². The van der Waals surface area contributed by atoms with Crippen molar-refractivity contribution in [2.75, 3.05) is 25.4 Å². The zero-order chi connectivity index (χ0) is 26.1. The van der Waals surface area contributed by atoms with Crippen LogP contribution >= 0.6 is 0 Å². The molecule has 0 amide bonds. The van der Waals surface area contributed by atoms with Crippen LogP contribution in [0.2, 0.25) is 0 Å². The van der Waals surface area contributed by atoms with E-state index in [4.69, 9.17) is 15.6 Å². The first kappa shape index (κ1) is 24.8. The van der Waals surface area contributed by atoms with Crippen LogP contribution in [-0.4, -0.2) is 56.4 Å². The summed E-state index contributed by atoms with van der Waals surface area (Å²) in [4.78, 5) is 11.4. The van der Waals surface area contributed by atoms with Gasteiger partial charge < -0.3 is 15.8 Å². The fraction of sp³-hybridized carbons (Fsp3) is 0.414. The van der Waals surface area contributed by atoms with E-state index in [1.807, 2.05) is 35.0 Å². The first-order valence-electron chi connectivity index (χ1n) is 13.6. The maximum absolute atomic E-state index is 15.4. The number of rotatable bonds is 6. The number of para-hydroxylation sites is 1. The van der Waals surface area contributed by atoms with Gasteiger partial charge in [0.05, 0.1) is 11.4 Å². The lowest BCUT2D eigenvalue weighted by Gasteiger charge is -2.41. The molecule has 2 aromatic heterocycles. The van der Waals surface area contributed by atoms with Gasteiger partial charge in [0.25, 0.3) is 0 Å². The summed E-state index contributed by atoms with van der Waals surface area (Å²) in [6.07, 6.45) is 6.83. The Morgan fingerprint density at radius 3 is 2.58 bits per heavy atom. The van der Waals surface area contributed by atoms with E-state index >= 15 is 4.39 Å². The number of halogens is 1. The predicted molar refractivity (Wildman–Crippen MR) is 147 cm³/mol. The highest BCUT2D eigenvalue weighted by Gasteiger charge is 2.31. The number of nitrogens with two attached hydrogens (primary N) is 1. The van der Waals surface area contributed by atoms with E-state index in [1.165, 1.54) is 12.4 Å². The Kier molecular flexibility index (Phi) is 6.95. The number of nitrogens with one attached hydrogen (secondary N) is 1. The molecule has 1 aliphatic heterocycles. The van der Waals surface area contributed by atoms with Crippen molar-refractivity contribution in [2.45, 2.75) is 57.2 Å². The maximum Gasteiger partial charge on any atom is 0.164 e. The summed E-state index contributed by atoms with van der Waals surface area (Å²) in [7, 11) is 0. The van der Waals surface area contributed by atoms with Crippen LogP contribution in [0.5, 0.6) is 11.5 Å². The Morgan fingerprint density at radius 2 is 1.82 bits per heavy atom. The molecule has 2 aliphatic rings. The van der Waals surface area contributed by atoms with Gasteiger partial charge in [0.1, 0.15) is 35.2 Å². The van der Waals surface area contributed by atoms with E-state index < -0.39 is 5.82 Å². The second-order valence-corrected chi connectivity index (χ2v) is 10.3. The van der Waals surface area contributed by atoms with Crippen molar-refractivity contribution < 1.29 is 9.13 Å². The minimum absolute atomic E-state index is 0.186. The minimum atomic E-state index is -0.430. The molecule has 1 aliphatic carbocycles. The third-order valence-corrected chi connectivity index (χ3v) is 8.00. The van der Waals surface area contributed by atoms with Gasteiger partial charge in [0.15, 0.2) is 5.65 Å².